The van der Waals surface area contributed by atoms with Crippen molar-refractivity contribution < 1.29 is 29.5 Å². The Morgan fingerprint density at radius 2 is 0.947 bits per heavy atom. The van der Waals surface area contributed by atoms with E-state index < -0.39 is 39.4 Å². The van der Waals surface area contributed by atoms with E-state index in [-0.39, 0.29) is 0 Å². The molecule has 0 fully saturated rings. The molecule has 7 nitrogen and oxygen atoms in total. The van der Waals surface area contributed by atoms with E-state index in [0.29, 0.717) is 0 Å². The molecule has 0 unspecified atom stereocenters. The minimum absolute atomic E-state index is 0.589. The highest BCUT2D eigenvalue weighted by Crippen LogP contribution is 2.26. The minimum Gasteiger partial charge on any atom is -0.481 e. The first kappa shape index (κ1) is 25.0. The van der Waals surface area contributed by atoms with Gasteiger partial charge in [0.25, 0.3) is 0 Å². The molecule has 0 spiro atoms. The molecule has 0 saturated carbocycles. The highest BCUT2D eigenvalue weighted by molar-refractivity contribution is 7.50. The summed E-state index contributed by atoms with van der Waals surface area (Å²) in [6.45, 7) is 12.0. The van der Waals surface area contributed by atoms with Crippen molar-refractivity contribution in [3.63, 3.8) is 0 Å². The van der Waals surface area contributed by atoms with Gasteiger partial charge in [0.1, 0.15) is 0 Å². The molecule has 0 aliphatic rings. The van der Waals surface area contributed by atoms with Crippen LogP contribution in [0.1, 0.15) is 27.7 Å². The van der Waals surface area contributed by atoms with Gasteiger partial charge in [-0.25, -0.2) is 0 Å². The molecule has 0 aliphatic carbocycles. The van der Waals surface area contributed by atoms with Crippen molar-refractivity contribution in [2.45, 2.75) is 27.7 Å². The summed E-state index contributed by atoms with van der Waals surface area (Å²) in [6.07, 6.45) is 0. The first-order valence-electron chi connectivity index (χ1n) is 6.17. The summed E-state index contributed by atoms with van der Waals surface area (Å²) in [4.78, 5) is 15.3. The number of hydrogen-bond acceptors (Lipinski definition) is 5. The topological polar surface area (TPSA) is 94.5 Å². The van der Waals surface area contributed by atoms with Crippen LogP contribution < -0.4 is 0 Å². The van der Waals surface area contributed by atoms with Crippen molar-refractivity contribution in [2.24, 2.45) is 0 Å². The summed E-state index contributed by atoms with van der Waals surface area (Å²) >= 11 is -1.18. The van der Waals surface area contributed by atoms with E-state index in [1.165, 1.54) is 0 Å². The molecule has 0 aromatic carbocycles. The number of rotatable bonds is 8. The Labute approximate surface area is 129 Å². The van der Waals surface area contributed by atoms with Gasteiger partial charge in [-0.2, -0.15) is 0 Å². The molecule has 0 aromatic rings. The summed E-state index contributed by atoms with van der Waals surface area (Å²) in [6, 6.07) is 0. The lowest BCUT2D eigenvalue weighted by Crippen LogP contribution is -2.02. The molecular weight excluding hydrogens is 305 g/mol. The van der Waals surface area contributed by atoms with Crippen molar-refractivity contribution >= 4 is 39.4 Å². The van der Waals surface area contributed by atoms with Gasteiger partial charge in [0.2, 0.25) is 0 Å². The lowest BCUT2D eigenvalue weighted by molar-refractivity contribution is 0.240. The van der Waals surface area contributed by atoms with Crippen molar-refractivity contribution in [3.8, 4) is 0 Å². The standard InChI is InChI=1S/4C2H5O.CH5O3P.2Al.2H/c4*1-2-3;1-5(2,3)4;;;;/h4*2H2,1H3;1H3,(H2,2,3,4);;;;/q4*-1;;2*+2;;. The Morgan fingerprint density at radius 3 is 1.05 bits per heavy atom. The molecule has 10 heteroatoms. The Balaban J connectivity index is -0.000000206. The largest absolute Gasteiger partial charge is 0.649 e. The Morgan fingerprint density at radius 1 is 0.789 bits per heavy atom. The first-order valence-corrected chi connectivity index (χ1v) is 10.5. The normalized spacial score (nSPS) is 9.63. The highest BCUT2D eigenvalue weighted by Gasteiger charge is 1.95. The maximum atomic E-state index is 9.33. The van der Waals surface area contributed by atoms with Crippen molar-refractivity contribution in [2.75, 3.05) is 33.1 Å². The van der Waals surface area contributed by atoms with E-state index in [0.717, 1.165) is 33.1 Å². The average molecular weight is 332 g/mol. The van der Waals surface area contributed by atoms with Gasteiger partial charge in [-0.15, -0.1) is 0 Å². The van der Waals surface area contributed by atoms with Gasteiger partial charge in [0.15, 0.2) is 0 Å². The quantitative estimate of drug-likeness (QED) is 0.378. The first-order chi connectivity index (χ1) is 8.83. The van der Waals surface area contributed by atoms with Crippen LogP contribution in [0.5, 0.6) is 0 Å². The summed E-state index contributed by atoms with van der Waals surface area (Å²) in [7, 11) is -3.64. The zero-order valence-electron chi connectivity index (χ0n) is 12.6. The maximum Gasteiger partial charge on any atom is 0.649 e. The molecule has 0 aliphatic heterocycles. The zero-order valence-corrected chi connectivity index (χ0v) is 16.3. The van der Waals surface area contributed by atoms with Gasteiger partial charge in [0.05, 0.1) is 0 Å². The second kappa shape index (κ2) is 21.4. The van der Waals surface area contributed by atoms with E-state index in [1.54, 1.807) is 0 Å². The lowest BCUT2D eigenvalue weighted by Gasteiger charge is -1.95. The van der Waals surface area contributed by atoms with Gasteiger partial charge in [0, 0.05) is 33.1 Å². The molecule has 116 valence electrons. The monoisotopic (exact) mass is 332 g/mol. The fraction of sp³-hybridized carbons (Fsp3) is 1.00. The molecule has 0 aromatic heterocycles. The predicted octanol–water partition coefficient (Wildman–Crippen LogP) is 0.446. The third kappa shape index (κ3) is 67.6. The van der Waals surface area contributed by atoms with Crippen molar-refractivity contribution in [3.05, 3.63) is 0 Å². The van der Waals surface area contributed by atoms with E-state index in [1.807, 2.05) is 27.7 Å². The average Bonchev–Trinajstić information content (AvgIpc) is 2.29. The fourth-order valence-electron chi connectivity index (χ4n) is 0.451. The molecule has 0 heterocycles. The Kier molecular flexibility index (Phi) is 28.1. The lowest BCUT2D eigenvalue weighted by atomic mass is 10.9. The van der Waals surface area contributed by atoms with Gasteiger partial charge in [-0.3, -0.25) is 4.57 Å². The van der Waals surface area contributed by atoms with Gasteiger partial charge < -0.3 is 24.9 Å². The fourth-order valence-corrected chi connectivity index (χ4v) is 1.35. The van der Waals surface area contributed by atoms with E-state index >= 15 is 0 Å². The third-order valence-electron chi connectivity index (χ3n) is 1.15. The van der Waals surface area contributed by atoms with Crippen LogP contribution in [0.2, 0.25) is 0 Å². The summed E-state index contributed by atoms with van der Waals surface area (Å²) in [5, 5.41) is 0. The summed E-state index contributed by atoms with van der Waals surface area (Å²) in [5.41, 5.74) is 0. The van der Waals surface area contributed by atoms with E-state index in [9.17, 15) is 4.57 Å². The van der Waals surface area contributed by atoms with Crippen molar-refractivity contribution in [1.29, 1.82) is 0 Å². The Hall–Kier alpha value is 1.05. The van der Waals surface area contributed by atoms with Crippen molar-refractivity contribution in [1.82, 2.24) is 0 Å². The molecule has 0 amide bonds. The SMILES string of the molecule is CC[O][AlH][O]CC.CC[O][AlH][O]CC.CP(=O)(O)O. The highest BCUT2D eigenvalue weighted by atomic mass is 31.2. The van der Waals surface area contributed by atoms with Crippen LogP contribution in [-0.2, 0) is 19.7 Å². The molecule has 2 N–H and O–H groups in total. The summed E-state index contributed by atoms with van der Waals surface area (Å²) < 4.78 is 29.3. The molecule has 19 heavy (non-hydrogen) atoms. The molecule has 0 saturated heterocycles. The Bertz CT molecular complexity index is 165. The van der Waals surface area contributed by atoms with E-state index in [4.69, 9.17) is 24.9 Å². The van der Waals surface area contributed by atoms with Crippen LogP contribution in [0.15, 0.2) is 0 Å². The van der Waals surface area contributed by atoms with Crippen LogP contribution >= 0.6 is 7.60 Å². The second-order valence-corrected chi connectivity index (χ2v) is 6.82. The third-order valence-corrected chi connectivity index (χ3v) is 3.45. The predicted molar refractivity (Wildman–Crippen MR) is 78.8 cm³/mol. The van der Waals surface area contributed by atoms with Gasteiger partial charge in [-0.1, -0.05) is 0 Å². The van der Waals surface area contributed by atoms with E-state index in [2.05, 4.69) is 0 Å². The van der Waals surface area contributed by atoms with Crippen LogP contribution in [0.4, 0.5) is 0 Å². The van der Waals surface area contributed by atoms with Crippen LogP contribution in [0.25, 0.3) is 0 Å². The second-order valence-electron chi connectivity index (χ2n) is 3.04. The molecule has 0 rings (SSSR count). The molecule has 0 atom stereocenters. The van der Waals surface area contributed by atoms with Gasteiger partial charge in [-0.05, 0) is 27.7 Å². The zero-order chi connectivity index (χ0) is 15.6. The summed E-state index contributed by atoms with van der Waals surface area (Å²) in [5.74, 6) is 0. The molecule has 0 radical (unpaired) electrons. The smallest absolute Gasteiger partial charge is 0.481 e. The van der Waals surface area contributed by atoms with Crippen LogP contribution in [0, 0.1) is 0 Å². The molecule has 0 bridgehead atoms. The van der Waals surface area contributed by atoms with Crippen LogP contribution in [0.3, 0.4) is 0 Å². The van der Waals surface area contributed by atoms with Gasteiger partial charge >= 0.3 is 39.4 Å². The number of hydrogen-bond donors (Lipinski definition) is 2. The maximum absolute atomic E-state index is 9.33. The van der Waals surface area contributed by atoms with Crippen LogP contribution in [-0.4, -0.2) is 74.7 Å². The minimum atomic E-state index is -3.64. The molecular formula is C9H27Al2O7P.